The Morgan fingerprint density at radius 3 is 3.11 bits per heavy atom. The summed E-state index contributed by atoms with van der Waals surface area (Å²) in [6.45, 7) is 0.284. The van der Waals surface area contributed by atoms with Crippen molar-refractivity contribution in [1.29, 1.82) is 0 Å². The number of nitrogens with zero attached hydrogens (tertiary/aromatic N) is 2. The maximum atomic E-state index is 11.1. The lowest BCUT2D eigenvalue weighted by atomic mass is 10.2. The van der Waals surface area contributed by atoms with E-state index in [2.05, 4.69) is 15.5 Å². The third kappa shape index (κ3) is 2.82. The van der Waals surface area contributed by atoms with Crippen LogP contribution in [0, 0.1) is 5.92 Å². The van der Waals surface area contributed by atoms with Crippen molar-refractivity contribution in [2.75, 3.05) is 0 Å². The van der Waals surface area contributed by atoms with Crippen molar-refractivity contribution in [3.8, 4) is 10.7 Å². The highest BCUT2D eigenvalue weighted by Gasteiger charge is 2.36. The number of hydrogen-bond donors (Lipinski definition) is 2. The first-order valence-corrected chi connectivity index (χ1v) is 6.94. The molecule has 1 fully saturated rings. The molecule has 0 aliphatic heterocycles. The highest BCUT2D eigenvalue weighted by Crippen LogP contribution is 2.32. The summed E-state index contributed by atoms with van der Waals surface area (Å²) in [7, 11) is 0. The van der Waals surface area contributed by atoms with Crippen LogP contribution in [0.3, 0.4) is 0 Å². The van der Waals surface area contributed by atoms with E-state index < -0.39 is 12.0 Å². The number of rotatable bonds is 6. The van der Waals surface area contributed by atoms with Crippen LogP contribution in [-0.2, 0) is 11.3 Å². The van der Waals surface area contributed by atoms with Crippen LogP contribution in [0.15, 0.2) is 22.0 Å². The van der Waals surface area contributed by atoms with Crippen LogP contribution in [0.25, 0.3) is 10.7 Å². The van der Waals surface area contributed by atoms with Gasteiger partial charge in [-0.2, -0.15) is 4.98 Å². The van der Waals surface area contributed by atoms with E-state index >= 15 is 0 Å². The third-order valence-electron chi connectivity index (χ3n) is 3.04. The van der Waals surface area contributed by atoms with Gasteiger partial charge in [-0.05, 0) is 30.2 Å². The van der Waals surface area contributed by atoms with Gasteiger partial charge in [-0.1, -0.05) is 11.2 Å². The Morgan fingerprint density at radius 2 is 2.47 bits per heavy atom. The summed E-state index contributed by atoms with van der Waals surface area (Å²) in [5.41, 5.74) is 0. The molecule has 1 atom stereocenters. The average Bonchev–Trinajstić information content (AvgIpc) is 2.92. The number of carboxylic acids is 1. The van der Waals surface area contributed by atoms with Crippen molar-refractivity contribution >= 4 is 17.3 Å². The van der Waals surface area contributed by atoms with Crippen LogP contribution in [0.5, 0.6) is 0 Å². The molecular formula is C12H13N3O3S. The van der Waals surface area contributed by atoms with Crippen LogP contribution in [0.1, 0.15) is 18.7 Å². The number of carboxylic acid groups (broad SMARTS) is 1. The Labute approximate surface area is 113 Å². The molecule has 0 aromatic carbocycles. The van der Waals surface area contributed by atoms with E-state index in [1.807, 2.05) is 17.5 Å². The van der Waals surface area contributed by atoms with Crippen LogP contribution in [0.2, 0.25) is 0 Å². The number of nitrogens with one attached hydrogen (secondary N) is 1. The first-order chi connectivity index (χ1) is 9.24. The van der Waals surface area contributed by atoms with Gasteiger partial charge in [0.1, 0.15) is 6.04 Å². The van der Waals surface area contributed by atoms with E-state index in [0.717, 1.165) is 17.7 Å². The fraction of sp³-hybridized carbons (Fsp3) is 0.417. The molecule has 0 saturated heterocycles. The summed E-state index contributed by atoms with van der Waals surface area (Å²) >= 11 is 1.53. The maximum Gasteiger partial charge on any atom is 0.320 e. The Kier molecular flexibility index (Phi) is 3.31. The Balaban J connectivity index is 1.62. The molecule has 1 aliphatic carbocycles. The number of hydrogen-bond acceptors (Lipinski definition) is 6. The third-order valence-corrected chi connectivity index (χ3v) is 3.91. The van der Waals surface area contributed by atoms with E-state index in [1.54, 1.807) is 0 Å². The molecule has 0 spiro atoms. The summed E-state index contributed by atoms with van der Waals surface area (Å²) < 4.78 is 5.11. The monoisotopic (exact) mass is 279 g/mol. The molecule has 1 saturated carbocycles. The minimum atomic E-state index is -0.819. The molecule has 0 radical (unpaired) electrons. The standard InChI is InChI=1S/C12H13N3O3S/c16-12(17)10(7-3-4-7)13-6-9-14-11(15-18-9)8-2-1-5-19-8/h1-2,5,7,10,13H,3-4,6H2,(H,16,17). The highest BCUT2D eigenvalue weighted by molar-refractivity contribution is 7.13. The van der Waals surface area contributed by atoms with Gasteiger partial charge in [0.25, 0.3) is 0 Å². The molecule has 19 heavy (non-hydrogen) atoms. The van der Waals surface area contributed by atoms with Crippen molar-refractivity contribution in [2.45, 2.75) is 25.4 Å². The minimum Gasteiger partial charge on any atom is -0.480 e. The van der Waals surface area contributed by atoms with E-state index in [1.165, 1.54) is 11.3 Å². The number of carbonyl (C=O) groups is 1. The second kappa shape index (κ2) is 5.10. The molecular weight excluding hydrogens is 266 g/mol. The van der Waals surface area contributed by atoms with E-state index in [9.17, 15) is 4.79 Å². The van der Waals surface area contributed by atoms with E-state index in [4.69, 9.17) is 9.63 Å². The molecule has 2 aromatic rings. The van der Waals surface area contributed by atoms with Crippen molar-refractivity contribution in [3.63, 3.8) is 0 Å². The van der Waals surface area contributed by atoms with Gasteiger partial charge < -0.3 is 9.63 Å². The summed E-state index contributed by atoms with van der Waals surface area (Å²) in [6.07, 6.45) is 1.93. The molecule has 2 aromatic heterocycles. The molecule has 100 valence electrons. The van der Waals surface area contributed by atoms with Crippen LogP contribution < -0.4 is 5.32 Å². The fourth-order valence-corrected chi connectivity index (χ4v) is 2.56. The van der Waals surface area contributed by atoms with Crippen LogP contribution in [0.4, 0.5) is 0 Å². The molecule has 6 nitrogen and oxygen atoms in total. The van der Waals surface area contributed by atoms with E-state index in [-0.39, 0.29) is 12.5 Å². The topological polar surface area (TPSA) is 88.2 Å². The van der Waals surface area contributed by atoms with Crippen molar-refractivity contribution in [2.24, 2.45) is 5.92 Å². The second-order valence-corrected chi connectivity index (χ2v) is 5.47. The SMILES string of the molecule is O=C(O)C(NCc1nc(-c2cccs2)no1)C1CC1. The Morgan fingerprint density at radius 1 is 1.63 bits per heavy atom. The Bertz CT molecular complexity index is 563. The van der Waals surface area contributed by atoms with Gasteiger partial charge in [-0.15, -0.1) is 11.3 Å². The molecule has 2 heterocycles. The first-order valence-electron chi connectivity index (χ1n) is 6.06. The van der Waals surface area contributed by atoms with Gasteiger partial charge in [0, 0.05) is 0 Å². The minimum absolute atomic E-state index is 0.234. The number of thiophene rings is 1. The molecule has 1 aliphatic rings. The molecule has 1 unspecified atom stereocenters. The summed E-state index contributed by atoms with van der Waals surface area (Å²) in [4.78, 5) is 16.2. The van der Waals surface area contributed by atoms with Gasteiger partial charge in [0.15, 0.2) is 0 Å². The zero-order valence-electron chi connectivity index (χ0n) is 10.1. The average molecular weight is 279 g/mol. The quantitative estimate of drug-likeness (QED) is 0.837. The van der Waals surface area contributed by atoms with Gasteiger partial charge >= 0.3 is 5.97 Å². The van der Waals surface area contributed by atoms with Crippen molar-refractivity contribution < 1.29 is 14.4 Å². The number of aliphatic carboxylic acids is 1. The van der Waals surface area contributed by atoms with E-state index in [0.29, 0.717) is 11.7 Å². The predicted octanol–water partition coefficient (Wildman–Crippen LogP) is 1.75. The van der Waals surface area contributed by atoms with Crippen LogP contribution in [-0.4, -0.2) is 27.3 Å². The zero-order valence-corrected chi connectivity index (χ0v) is 10.9. The largest absolute Gasteiger partial charge is 0.480 e. The fourth-order valence-electron chi connectivity index (χ4n) is 1.91. The predicted molar refractivity (Wildman–Crippen MR) is 68.6 cm³/mol. The van der Waals surface area contributed by atoms with Gasteiger partial charge in [-0.25, -0.2) is 0 Å². The zero-order chi connectivity index (χ0) is 13.2. The van der Waals surface area contributed by atoms with Gasteiger partial charge in [0.05, 0.1) is 11.4 Å². The smallest absolute Gasteiger partial charge is 0.320 e. The summed E-state index contributed by atoms with van der Waals surface area (Å²) in [6, 6.07) is 3.32. The lowest BCUT2D eigenvalue weighted by molar-refractivity contribution is -0.140. The van der Waals surface area contributed by atoms with Crippen molar-refractivity contribution in [1.82, 2.24) is 15.5 Å². The molecule has 0 bridgehead atoms. The normalized spacial score (nSPS) is 16.4. The summed E-state index contributed by atoms with van der Waals surface area (Å²) in [5.74, 6) is 0.373. The lowest BCUT2D eigenvalue weighted by Crippen LogP contribution is -2.38. The van der Waals surface area contributed by atoms with Gasteiger partial charge in [0.2, 0.25) is 11.7 Å². The Hall–Kier alpha value is -1.73. The number of aromatic nitrogens is 2. The first kappa shape index (κ1) is 12.3. The summed E-state index contributed by atoms with van der Waals surface area (Å²) in [5, 5.41) is 17.9. The molecule has 0 amide bonds. The van der Waals surface area contributed by atoms with Crippen LogP contribution >= 0.6 is 11.3 Å². The maximum absolute atomic E-state index is 11.1. The lowest BCUT2D eigenvalue weighted by Gasteiger charge is -2.10. The second-order valence-electron chi connectivity index (χ2n) is 4.52. The van der Waals surface area contributed by atoms with Crippen molar-refractivity contribution in [3.05, 3.63) is 23.4 Å². The highest BCUT2D eigenvalue weighted by atomic mass is 32.1. The van der Waals surface area contributed by atoms with Gasteiger partial charge in [-0.3, -0.25) is 10.1 Å². The molecule has 2 N–H and O–H groups in total. The molecule has 7 heteroatoms. The molecule has 3 rings (SSSR count).